The van der Waals surface area contributed by atoms with Crippen molar-refractivity contribution in [2.45, 2.75) is 13.5 Å². The van der Waals surface area contributed by atoms with E-state index in [9.17, 15) is 0 Å². The molecule has 3 nitrogen and oxygen atoms in total. The van der Waals surface area contributed by atoms with Crippen LogP contribution in [0.3, 0.4) is 0 Å². The minimum Gasteiger partial charge on any atom is -0.363 e. The third kappa shape index (κ3) is 3.96. The van der Waals surface area contributed by atoms with Crippen molar-refractivity contribution in [2.24, 2.45) is 0 Å². The van der Waals surface area contributed by atoms with Gasteiger partial charge in [-0.2, -0.15) is 5.26 Å². The minimum atomic E-state index is 0.654. The molecule has 0 spiro atoms. The number of nitriles is 1. The standard InChI is InChI=1S/C11H13N3S/c1-2-13-11(15)14-8-10-5-3-9(7-12)4-6-10/h3-6H,2,8H2,1H3,(H2,13,14,15). The zero-order valence-electron chi connectivity index (χ0n) is 8.58. The van der Waals surface area contributed by atoms with Crippen LogP contribution in [0.1, 0.15) is 18.1 Å². The van der Waals surface area contributed by atoms with Gasteiger partial charge in [0.1, 0.15) is 0 Å². The van der Waals surface area contributed by atoms with Gasteiger partial charge in [-0.05, 0) is 36.8 Å². The average Bonchev–Trinajstić information content (AvgIpc) is 2.27. The molecular weight excluding hydrogens is 206 g/mol. The zero-order chi connectivity index (χ0) is 11.1. The number of hydrogen-bond donors (Lipinski definition) is 2. The molecule has 1 rings (SSSR count). The maximum Gasteiger partial charge on any atom is 0.166 e. The highest BCUT2D eigenvalue weighted by atomic mass is 32.1. The van der Waals surface area contributed by atoms with E-state index in [1.165, 1.54) is 0 Å². The predicted molar refractivity (Wildman–Crippen MR) is 64.3 cm³/mol. The van der Waals surface area contributed by atoms with Gasteiger partial charge < -0.3 is 10.6 Å². The van der Waals surface area contributed by atoms with Crippen molar-refractivity contribution >= 4 is 17.3 Å². The van der Waals surface area contributed by atoms with Crippen molar-refractivity contribution in [1.29, 1.82) is 5.26 Å². The summed E-state index contributed by atoms with van der Waals surface area (Å²) < 4.78 is 0. The lowest BCUT2D eigenvalue weighted by atomic mass is 10.1. The van der Waals surface area contributed by atoms with E-state index in [0.29, 0.717) is 17.2 Å². The van der Waals surface area contributed by atoms with Crippen LogP contribution in [0.15, 0.2) is 24.3 Å². The predicted octanol–water partition coefficient (Wildman–Crippen LogP) is 1.54. The first-order valence-electron chi connectivity index (χ1n) is 4.77. The fraction of sp³-hybridized carbons (Fsp3) is 0.273. The molecule has 0 saturated carbocycles. The number of nitrogens with one attached hydrogen (secondary N) is 2. The van der Waals surface area contributed by atoms with E-state index in [0.717, 1.165) is 12.1 Å². The maximum absolute atomic E-state index is 8.62. The Morgan fingerprint density at radius 3 is 2.53 bits per heavy atom. The smallest absolute Gasteiger partial charge is 0.166 e. The molecule has 1 aromatic rings. The van der Waals surface area contributed by atoms with Crippen LogP contribution < -0.4 is 10.6 Å². The highest BCUT2D eigenvalue weighted by Crippen LogP contribution is 2.02. The molecule has 0 aliphatic rings. The van der Waals surface area contributed by atoms with Crippen molar-refractivity contribution in [2.75, 3.05) is 6.54 Å². The Balaban J connectivity index is 2.45. The highest BCUT2D eigenvalue weighted by Gasteiger charge is 1.95. The maximum atomic E-state index is 8.62. The van der Waals surface area contributed by atoms with Crippen LogP contribution in [0.5, 0.6) is 0 Å². The van der Waals surface area contributed by atoms with E-state index in [1.807, 2.05) is 19.1 Å². The molecule has 4 heteroatoms. The minimum absolute atomic E-state index is 0.654. The Labute approximate surface area is 95.1 Å². The summed E-state index contributed by atoms with van der Waals surface area (Å²) in [5, 5.41) is 15.4. The van der Waals surface area contributed by atoms with Gasteiger partial charge in [-0.1, -0.05) is 12.1 Å². The molecule has 2 N–H and O–H groups in total. The third-order valence-electron chi connectivity index (χ3n) is 1.87. The zero-order valence-corrected chi connectivity index (χ0v) is 9.40. The molecule has 0 saturated heterocycles. The Morgan fingerprint density at radius 1 is 1.33 bits per heavy atom. The number of rotatable bonds is 3. The van der Waals surface area contributed by atoms with E-state index < -0.39 is 0 Å². The Kier molecular flexibility index (Phi) is 4.58. The first-order chi connectivity index (χ1) is 7.26. The molecule has 0 amide bonds. The van der Waals surface area contributed by atoms with Crippen molar-refractivity contribution < 1.29 is 0 Å². The first kappa shape index (κ1) is 11.5. The van der Waals surface area contributed by atoms with Gasteiger partial charge in [0.25, 0.3) is 0 Å². The topological polar surface area (TPSA) is 47.8 Å². The van der Waals surface area contributed by atoms with Crippen LogP contribution in [0.4, 0.5) is 0 Å². The van der Waals surface area contributed by atoms with E-state index in [4.69, 9.17) is 17.5 Å². The summed E-state index contributed by atoms with van der Waals surface area (Å²) in [6.45, 7) is 3.49. The van der Waals surface area contributed by atoms with E-state index in [-0.39, 0.29) is 0 Å². The average molecular weight is 219 g/mol. The SMILES string of the molecule is CCNC(=S)NCc1ccc(C#N)cc1. The van der Waals surface area contributed by atoms with Crippen molar-refractivity contribution in [3.05, 3.63) is 35.4 Å². The van der Waals surface area contributed by atoms with E-state index in [1.54, 1.807) is 12.1 Å². The summed E-state index contributed by atoms with van der Waals surface area (Å²) in [6, 6.07) is 9.51. The van der Waals surface area contributed by atoms with Crippen molar-refractivity contribution in [1.82, 2.24) is 10.6 Å². The highest BCUT2D eigenvalue weighted by molar-refractivity contribution is 7.80. The van der Waals surface area contributed by atoms with Gasteiger partial charge in [-0.3, -0.25) is 0 Å². The molecule has 15 heavy (non-hydrogen) atoms. The molecule has 0 atom stereocenters. The fourth-order valence-corrected chi connectivity index (χ4v) is 1.32. The molecule has 0 fully saturated rings. The monoisotopic (exact) mass is 219 g/mol. The lowest BCUT2D eigenvalue weighted by molar-refractivity contribution is 0.854. The van der Waals surface area contributed by atoms with Crippen LogP contribution in [-0.4, -0.2) is 11.7 Å². The number of hydrogen-bond acceptors (Lipinski definition) is 2. The van der Waals surface area contributed by atoms with Crippen LogP contribution in [0.25, 0.3) is 0 Å². The van der Waals surface area contributed by atoms with Gasteiger partial charge in [-0.25, -0.2) is 0 Å². The first-order valence-corrected chi connectivity index (χ1v) is 5.18. The molecule has 1 aromatic carbocycles. The molecule has 78 valence electrons. The van der Waals surface area contributed by atoms with Gasteiger partial charge in [0.15, 0.2) is 5.11 Å². The van der Waals surface area contributed by atoms with Gasteiger partial charge in [0.2, 0.25) is 0 Å². The van der Waals surface area contributed by atoms with Crippen molar-refractivity contribution in [3.8, 4) is 6.07 Å². The Morgan fingerprint density at radius 2 is 2.00 bits per heavy atom. The summed E-state index contributed by atoms with van der Waals surface area (Å²) >= 11 is 5.03. The van der Waals surface area contributed by atoms with Gasteiger partial charge in [-0.15, -0.1) is 0 Å². The van der Waals surface area contributed by atoms with Gasteiger partial charge in [0.05, 0.1) is 11.6 Å². The molecular formula is C11H13N3S. The van der Waals surface area contributed by atoms with E-state index >= 15 is 0 Å². The third-order valence-corrected chi connectivity index (χ3v) is 2.16. The van der Waals surface area contributed by atoms with Gasteiger partial charge >= 0.3 is 0 Å². The second kappa shape index (κ2) is 5.99. The quantitative estimate of drug-likeness (QED) is 0.757. The fourth-order valence-electron chi connectivity index (χ4n) is 1.10. The van der Waals surface area contributed by atoms with Crippen LogP contribution in [0, 0.1) is 11.3 Å². The lowest BCUT2D eigenvalue weighted by Crippen LogP contribution is -2.34. The van der Waals surface area contributed by atoms with E-state index in [2.05, 4.69) is 16.7 Å². The molecule has 0 aliphatic carbocycles. The molecule has 0 heterocycles. The summed E-state index contributed by atoms with van der Waals surface area (Å²) in [5.41, 5.74) is 1.78. The van der Waals surface area contributed by atoms with Crippen LogP contribution in [-0.2, 0) is 6.54 Å². The largest absolute Gasteiger partial charge is 0.363 e. The van der Waals surface area contributed by atoms with Gasteiger partial charge in [0, 0.05) is 13.1 Å². The van der Waals surface area contributed by atoms with Crippen LogP contribution in [0.2, 0.25) is 0 Å². The summed E-state index contributed by atoms with van der Waals surface area (Å²) in [7, 11) is 0. The van der Waals surface area contributed by atoms with Crippen molar-refractivity contribution in [3.63, 3.8) is 0 Å². The second-order valence-electron chi connectivity index (χ2n) is 3.02. The number of thiocarbonyl (C=S) groups is 1. The summed E-state index contributed by atoms with van der Waals surface area (Å²) in [5.74, 6) is 0. The molecule has 0 aromatic heterocycles. The molecule has 0 aliphatic heterocycles. The lowest BCUT2D eigenvalue weighted by Gasteiger charge is -2.08. The summed E-state index contributed by atoms with van der Waals surface area (Å²) in [6.07, 6.45) is 0. The normalized spacial score (nSPS) is 9.07. The Bertz CT molecular complexity index is 364. The molecule has 0 radical (unpaired) electrons. The number of nitrogens with zero attached hydrogens (tertiary/aromatic N) is 1. The number of benzene rings is 1. The molecule has 0 unspecified atom stereocenters. The van der Waals surface area contributed by atoms with Crippen LogP contribution >= 0.6 is 12.2 Å². The second-order valence-corrected chi connectivity index (χ2v) is 3.43. The summed E-state index contributed by atoms with van der Waals surface area (Å²) in [4.78, 5) is 0. The Hall–Kier alpha value is -1.60. The molecule has 0 bridgehead atoms.